The predicted octanol–water partition coefficient (Wildman–Crippen LogP) is 3.44. The van der Waals surface area contributed by atoms with Gasteiger partial charge in [-0.3, -0.25) is 0 Å². The van der Waals surface area contributed by atoms with Crippen LogP contribution in [0.3, 0.4) is 0 Å². The highest BCUT2D eigenvalue weighted by atomic mass is 79.9. The summed E-state index contributed by atoms with van der Waals surface area (Å²) in [6.07, 6.45) is 0. The van der Waals surface area contributed by atoms with Gasteiger partial charge in [-0.2, -0.15) is 0 Å². The third-order valence-electron chi connectivity index (χ3n) is 2.55. The predicted molar refractivity (Wildman–Crippen MR) is 71.8 cm³/mol. The smallest absolute Gasteiger partial charge is 0.0661 e. The quantitative estimate of drug-likeness (QED) is 0.865. The van der Waals surface area contributed by atoms with E-state index in [1.54, 1.807) is 0 Å². The molecule has 1 N–H and O–H groups in total. The number of aryl methyl sites for hydroxylation is 1. The standard InChI is InChI=1S/C13H20BrNO/c1-4-15-13(9-16-5-2)12-7-6-11(14)8-10(12)3/h6-8,13,15H,4-5,9H2,1-3H3. The lowest BCUT2D eigenvalue weighted by Crippen LogP contribution is -2.26. The fraction of sp³-hybridized carbons (Fsp3) is 0.538. The summed E-state index contributed by atoms with van der Waals surface area (Å²) in [4.78, 5) is 0. The molecule has 1 rings (SSSR count). The van der Waals surface area contributed by atoms with E-state index in [0.29, 0.717) is 0 Å². The average Bonchev–Trinajstić information content (AvgIpc) is 2.25. The number of hydrogen-bond acceptors (Lipinski definition) is 2. The molecule has 3 heteroatoms. The fourth-order valence-corrected chi connectivity index (χ4v) is 2.25. The van der Waals surface area contributed by atoms with Crippen LogP contribution in [0.1, 0.15) is 31.0 Å². The van der Waals surface area contributed by atoms with Crippen LogP contribution in [-0.4, -0.2) is 19.8 Å². The van der Waals surface area contributed by atoms with Crippen LogP contribution >= 0.6 is 15.9 Å². The Balaban J connectivity index is 2.82. The van der Waals surface area contributed by atoms with Crippen LogP contribution in [0, 0.1) is 6.92 Å². The summed E-state index contributed by atoms with van der Waals surface area (Å²) in [6, 6.07) is 6.67. The van der Waals surface area contributed by atoms with Crippen molar-refractivity contribution in [1.29, 1.82) is 0 Å². The van der Waals surface area contributed by atoms with Crippen molar-refractivity contribution in [2.45, 2.75) is 26.8 Å². The zero-order valence-corrected chi connectivity index (χ0v) is 11.8. The molecular weight excluding hydrogens is 266 g/mol. The van der Waals surface area contributed by atoms with Crippen molar-refractivity contribution in [2.75, 3.05) is 19.8 Å². The van der Waals surface area contributed by atoms with E-state index in [-0.39, 0.29) is 6.04 Å². The molecule has 0 fully saturated rings. The molecule has 1 unspecified atom stereocenters. The van der Waals surface area contributed by atoms with E-state index < -0.39 is 0 Å². The van der Waals surface area contributed by atoms with Gasteiger partial charge < -0.3 is 10.1 Å². The molecule has 0 bridgehead atoms. The van der Waals surface area contributed by atoms with Crippen LogP contribution in [0.4, 0.5) is 0 Å². The van der Waals surface area contributed by atoms with Gasteiger partial charge >= 0.3 is 0 Å². The molecule has 0 heterocycles. The Kier molecular flexibility index (Phi) is 6.03. The summed E-state index contributed by atoms with van der Waals surface area (Å²) >= 11 is 3.49. The van der Waals surface area contributed by atoms with Crippen molar-refractivity contribution in [1.82, 2.24) is 5.32 Å². The second-order valence-electron chi connectivity index (χ2n) is 3.77. The first-order valence-corrected chi connectivity index (χ1v) is 6.55. The number of likely N-dealkylation sites (N-methyl/N-ethyl adjacent to an activating group) is 1. The number of benzene rings is 1. The first-order chi connectivity index (χ1) is 7.69. The maximum Gasteiger partial charge on any atom is 0.0661 e. The van der Waals surface area contributed by atoms with Crippen LogP contribution in [0.15, 0.2) is 22.7 Å². The van der Waals surface area contributed by atoms with Gasteiger partial charge in [0.05, 0.1) is 12.6 Å². The number of nitrogens with one attached hydrogen (secondary N) is 1. The minimum Gasteiger partial charge on any atom is -0.380 e. The number of rotatable bonds is 6. The molecule has 1 aromatic carbocycles. The molecule has 0 saturated carbocycles. The van der Waals surface area contributed by atoms with Crippen LogP contribution in [0.25, 0.3) is 0 Å². The van der Waals surface area contributed by atoms with Crippen molar-refractivity contribution < 1.29 is 4.74 Å². The lowest BCUT2D eigenvalue weighted by molar-refractivity contribution is 0.123. The third kappa shape index (κ3) is 3.89. The molecule has 1 atom stereocenters. The maximum atomic E-state index is 5.51. The Hall–Kier alpha value is -0.380. The SMILES string of the molecule is CCNC(COCC)c1ccc(Br)cc1C. The van der Waals surface area contributed by atoms with Gasteiger partial charge in [0.1, 0.15) is 0 Å². The summed E-state index contributed by atoms with van der Waals surface area (Å²) in [6.45, 7) is 8.72. The summed E-state index contributed by atoms with van der Waals surface area (Å²) < 4.78 is 6.64. The Morgan fingerprint density at radius 1 is 1.38 bits per heavy atom. The number of ether oxygens (including phenoxy) is 1. The van der Waals surface area contributed by atoms with Crippen LogP contribution in [0.2, 0.25) is 0 Å². The number of hydrogen-bond donors (Lipinski definition) is 1. The normalized spacial score (nSPS) is 12.8. The van der Waals surface area contributed by atoms with Gasteiger partial charge in [0.25, 0.3) is 0 Å². The molecule has 0 amide bonds. The molecule has 0 saturated heterocycles. The van der Waals surface area contributed by atoms with Crippen molar-refractivity contribution >= 4 is 15.9 Å². The first-order valence-electron chi connectivity index (χ1n) is 5.76. The van der Waals surface area contributed by atoms with Gasteiger partial charge in [-0.15, -0.1) is 0 Å². The van der Waals surface area contributed by atoms with E-state index >= 15 is 0 Å². The number of halogens is 1. The highest BCUT2D eigenvalue weighted by Gasteiger charge is 2.12. The van der Waals surface area contributed by atoms with Crippen molar-refractivity contribution in [3.63, 3.8) is 0 Å². The van der Waals surface area contributed by atoms with E-state index in [4.69, 9.17) is 4.74 Å². The second kappa shape index (κ2) is 7.05. The zero-order chi connectivity index (χ0) is 12.0. The Bertz CT molecular complexity index is 328. The lowest BCUT2D eigenvalue weighted by Gasteiger charge is -2.20. The molecule has 2 nitrogen and oxygen atoms in total. The van der Waals surface area contributed by atoms with Gasteiger partial charge in [-0.1, -0.05) is 28.9 Å². The van der Waals surface area contributed by atoms with Gasteiger partial charge in [0, 0.05) is 11.1 Å². The fourth-order valence-electron chi connectivity index (χ4n) is 1.77. The second-order valence-corrected chi connectivity index (χ2v) is 4.69. The van der Waals surface area contributed by atoms with E-state index in [9.17, 15) is 0 Å². The molecule has 1 aromatic rings. The van der Waals surface area contributed by atoms with Gasteiger partial charge in [0.2, 0.25) is 0 Å². The zero-order valence-electron chi connectivity index (χ0n) is 10.2. The van der Waals surface area contributed by atoms with Crippen molar-refractivity contribution in [3.8, 4) is 0 Å². The van der Waals surface area contributed by atoms with Gasteiger partial charge in [-0.25, -0.2) is 0 Å². The third-order valence-corrected chi connectivity index (χ3v) is 3.04. The Labute approximate surface area is 107 Å². The Morgan fingerprint density at radius 3 is 2.69 bits per heavy atom. The molecule has 0 aliphatic heterocycles. The van der Waals surface area contributed by atoms with Crippen molar-refractivity contribution in [3.05, 3.63) is 33.8 Å². The van der Waals surface area contributed by atoms with Crippen LogP contribution < -0.4 is 5.32 Å². The first kappa shape index (κ1) is 13.7. The van der Waals surface area contributed by atoms with Crippen LogP contribution in [-0.2, 0) is 4.74 Å². The molecule has 90 valence electrons. The largest absolute Gasteiger partial charge is 0.380 e. The molecule has 0 aliphatic rings. The molecule has 0 spiro atoms. The Morgan fingerprint density at radius 2 is 2.12 bits per heavy atom. The summed E-state index contributed by atoms with van der Waals surface area (Å²) in [5.41, 5.74) is 2.61. The van der Waals surface area contributed by atoms with E-state index in [0.717, 1.165) is 24.2 Å². The average molecular weight is 286 g/mol. The highest BCUT2D eigenvalue weighted by molar-refractivity contribution is 9.10. The van der Waals surface area contributed by atoms with E-state index in [1.807, 2.05) is 6.92 Å². The molecular formula is C13H20BrNO. The monoisotopic (exact) mass is 285 g/mol. The molecule has 0 aromatic heterocycles. The van der Waals surface area contributed by atoms with Gasteiger partial charge in [-0.05, 0) is 43.7 Å². The lowest BCUT2D eigenvalue weighted by atomic mass is 10.0. The maximum absolute atomic E-state index is 5.51. The van der Waals surface area contributed by atoms with Gasteiger partial charge in [0.15, 0.2) is 0 Å². The summed E-state index contributed by atoms with van der Waals surface area (Å²) in [5.74, 6) is 0. The summed E-state index contributed by atoms with van der Waals surface area (Å²) in [5, 5.41) is 3.45. The topological polar surface area (TPSA) is 21.3 Å². The van der Waals surface area contributed by atoms with E-state index in [1.165, 1.54) is 11.1 Å². The van der Waals surface area contributed by atoms with E-state index in [2.05, 4.69) is 53.3 Å². The van der Waals surface area contributed by atoms with Crippen molar-refractivity contribution in [2.24, 2.45) is 0 Å². The van der Waals surface area contributed by atoms with Crippen LogP contribution in [0.5, 0.6) is 0 Å². The minimum atomic E-state index is 0.290. The molecule has 0 radical (unpaired) electrons. The minimum absolute atomic E-state index is 0.290. The molecule has 0 aliphatic carbocycles. The molecule has 16 heavy (non-hydrogen) atoms. The highest BCUT2D eigenvalue weighted by Crippen LogP contribution is 2.22. The summed E-state index contributed by atoms with van der Waals surface area (Å²) in [7, 11) is 0.